The van der Waals surface area contributed by atoms with Gasteiger partial charge in [-0.05, 0) is 51.4 Å². The summed E-state index contributed by atoms with van der Waals surface area (Å²) in [6.07, 6.45) is 57.6. The van der Waals surface area contributed by atoms with Crippen LogP contribution in [0.5, 0.6) is 0 Å². The van der Waals surface area contributed by atoms with Gasteiger partial charge in [0.2, 0.25) is 5.91 Å². The molecule has 0 aromatic rings. The Morgan fingerprint density at radius 1 is 0.455 bits per heavy atom. The lowest BCUT2D eigenvalue weighted by molar-refractivity contribution is -0.131. The lowest BCUT2D eigenvalue weighted by Gasteiger charge is -2.21. The molecule has 0 bridgehead atoms. The van der Waals surface area contributed by atoms with Gasteiger partial charge in [-0.3, -0.25) is 4.79 Å². The summed E-state index contributed by atoms with van der Waals surface area (Å²) in [5, 5.41) is 33.2. The van der Waals surface area contributed by atoms with Crippen LogP contribution in [0, 0.1) is 0 Å². The molecule has 0 aliphatic carbocycles. The molecule has 0 heterocycles. The van der Waals surface area contributed by atoms with Gasteiger partial charge in [0.15, 0.2) is 0 Å². The number of aliphatic hydroxyl groups excluding tert-OH is 3. The topological polar surface area (TPSA) is 89.8 Å². The van der Waals surface area contributed by atoms with Gasteiger partial charge in [-0.1, -0.05) is 237 Å². The Balaban J connectivity index is 3.62. The van der Waals surface area contributed by atoms with Crippen LogP contribution in [0.3, 0.4) is 0 Å². The maximum absolute atomic E-state index is 12.5. The lowest BCUT2D eigenvalue weighted by Crippen LogP contribution is -2.48. The number of unbranched alkanes of at least 4 members (excludes halogenated alkanes) is 32. The van der Waals surface area contributed by atoms with Crippen LogP contribution in [-0.4, -0.2) is 46.1 Å². The third-order valence-electron chi connectivity index (χ3n) is 11.2. The monoisotopic (exact) mass is 774 g/mol. The summed E-state index contributed by atoms with van der Waals surface area (Å²) in [7, 11) is 0. The van der Waals surface area contributed by atoms with Crippen LogP contribution in [0.4, 0.5) is 0 Å². The third-order valence-corrected chi connectivity index (χ3v) is 11.2. The van der Waals surface area contributed by atoms with Crippen molar-refractivity contribution in [1.82, 2.24) is 5.32 Å². The van der Waals surface area contributed by atoms with Gasteiger partial charge in [0.25, 0.3) is 0 Å². The van der Waals surface area contributed by atoms with Crippen LogP contribution < -0.4 is 5.32 Å². The van der Waals surface area contributed by atoms with E-state index in [2.05, 4.69) is 43.5 Å². The summed E-state index contributed by atoms with van der Waals surface area (Å²) < 4.78 is 0. The van der Waals surface area contributed by atoms with Gasteiger partial charge in [-0.2, -0.15) is 0 Å². The average molecular weight is 774 g/mol. The summed E-state index contributed by atoms with van der Waals surface area (Å²) in [5.74, 6) is -0.510. The summed E-state index contributed by atoms with van der Waals surface area (Å²) in [6.45, 7) is 4.17. The SMILES string of the molecule is CCCCC/C=C\C/C=C\CCCCCCCCC(O)C(=O)NC(CO)C(O)/C=C/CCCCCCCCCCCCCCCCCCCCCCCCC. The fourth-order valence-electron chi connectivity index (χ4n) is 7.39. The van der Waals surface area contributed by atoms with Crippen molar-refractivity contribution in [2.24, 2.45) is 0 Å². The van der Waals surface area contributed by atoms with Gasteiger partial charge in [-0.25, -0.2) is 0 Å². The van der Waals surface area contributed by atoms with E-state index in [-0.39, 0.29) is 6.61 Å². The maximum atomic E-state index is 12.5. The number of hydrogen-bond donors (Lipinski definition) is 4. The first-order valence-electron chi connectivity index (χ1n) is 24.3. The second-order valence-corrected chi connectivity index (χ2v) is 16.7. The van der Waals surface area contributed by atoms with Gasteiger partial charge in [0.05, 0.1) is 18.8 Å². The van der Waals surface area contributed by atoms with E-state index in [1.165, 1.54) is 186 Å². The van der Waals surface area contributed by atoms with Crippen LogP contribution in [0.1, 0.15) is 251 Å². The highest BCUT2D eigenvalue weighted by atomic mass is 16.3. The van der Waals surface area contributed by atoms with Crippen molar-refractivity contribution in [3.63, 3.8) is 0 Å². The number of carbonyl (C=O) groups is 1. The van der Waals surface area contributed by atoms with Crippen molar-refractivity contribution in [2.75, 3.05) is 6.61 Å². The molecule has 5 nitrogen and oxygen atoms in total. The Morgan fingerprint density at radius 3 is 1.18 bits per heavy atom. The molecule has 0 rings (SSSR count). The molecule has 0 saturated carbocycles. The van der Waals surface area contributed by atoms with Crippen LogP contribution in [0.25, 0.3) is 0 Å². The van der Waals surface area contributed by atoms with Crippen molar-refractivity contribution in [3.05, 3.63) is 36.5 Å². The summed E-state index contributed by atoms with van der Waals surface area (Å²) in [6, 6.07) is -0.802. The van der Waals surface area contributed by atoms with Crippen molar-refractivity contribution in [2.45, 2.75) is 270 Å². The van der Waals surface area contributed by atoms with E-state index in [1.807, 2.05) is 6.08 Å². The second kappa shape index (κ2) is 45.3. The molecule has 3 atom stereocenters. The highest BCUT2D eigenvalue weighted by molar-refractivity contribution is 5.80. The fraction of sp³-hybridized carbons (Fsp3) is 0.860. The number of carbonyl (C=O) groups excluding carboxylic acids is 1. The van der Waals surface area contributed by atoms with Crippen LogP contribution in [0.2, 0.25) is 0 Å². The molecule has 5 heteroatoms. The van der Waals surface area contributed by atoms with Crippen molar-refractivity contribution >= 4 is 5.91 Å². The van der Waals surface area contributed by atoms with E-state index in [4.69, 9.17) is 0 Å². The van der Waals surface area contributed by atoms with Gasteiger partial charge >= 0.3 is 0 Å². The normalized spacial score (nSPS) is 13.8. The fourth-order valence-corrected chi connectivity index (χ4v) is 7.39. The zero-order chi connectivity index (χ0) is 40.1. The minimum absolute atomic E-state index is 0.367. The number of amides is 1. The molecule has 0 fully saturated rings. The van der Waals surface area contributed by atoms with Crippen LogP contribution >= 0.6 is 0 Å². The molecule has 0 radical (unpaired) electrons. The summed E-state index contributed by atoms with van der Waals surface area (Å²) in [4.78, 5) is 12.5. The van der Waals surface area contributed by atoms with E-state index in [0.717, 1.165) is 44.9 Å². The molecule has 3 unspecified atom stereocenters. The molecule has 0 aliphatic rings. The number of rotatable bonds is 44. The third kappa shape index (κ3) is 40.6. The highest BCUT2D eigenvalue weighted by Gasteiger charge is 2.22. The minimum Gasteiger partial charge on any atom is -0.394 e. The first kappa shape index (κ1) is 53.6. The molecule has 0 spiro atoms. The van der Waals surface area contributed by atoms with Gasteiger partial charge in [0, 0.05) is 0 Å². The quantitative estimate of drug-likeness (QED) is 0.0367. The van der Waals surface area contributed by atoms with Gasteiger partial charge in [-0.15, -0.1) is 0 Å². The van der Waals surface area contributed by atoms with E-state index in [1.54, 1.807) is 6.08 Å². The number of allylic oxidation sites excluding steroid dienone is 5. The average Bonchev–Trinajstić information content (AvgIpc) is 3.19. The largest absolute Gasteiger partial charge is 0.394 e. The van der Waals surface area contributed by atoms with Crippen molar-refractivity contribution < 1.29 is 20.1 Å². The smallest absolute Gasteiger partial charge is 0.249 e. The number of aliphatic hydroxyl groups is 3. The molecule has 4 N–H and O–H groups in total. The predicted molar refractivity (Wildman–Crippen MR) is 241 cm³/mol. The Bertz CT molecular complexity index is 855. The summed E-state index contributed by atoms with van der Waals surface area (Å²) in [5.41, 5.74) is 0. The molecule has 0 aromatic carbocycles. The first-order valence-corrected chi connectivity index (χ1v) is 24.3. The molecule has 1 amide bonds. The van der Waals surface area contributed by atoms with Gasteiger partial charge in [0.1, 0.15) is 6.10 Å². The second-order valence-electron chi connectivity index (χ2n) is 16.7. The Kier molecular flexibility index (Phi) is 44.1. The number of hydrogen-bond acceptors (Lipinski definition) is 4. The standard InChI is InChI=1S/C50H95NO4/c1-3-5-7-9-11-13-15-17-19-21-22-23-24-25-26-27-28-29-31-32-34-36-38-40-42-44-48(53)47(46-52)51-50(55)49(54)45-43-41-39-37-35-33-30-20-18-16-14-12-10-8-6-4-2/h12,14,18,20,42,44,47-49,52-54H,3-11,13,15-17,19,21-41,43,45-46H2,1-2H3,(H,51,55)/b14-12-,20-18-,44-42+. The van der Waals surface area contributed by atoms with E-state index < -0.39 is 24.2 Å². The molecule has 0 saturated heterocycles. The zero-order valence-electron chi connectivity index (χ0n) is 36.8. The van der Waals surface area contributed by atoms with Crippen LogP contribution in [0.15, 0.2) is 36.5 Å². The summed E-state index contributed by atoms with van der Waals surface area (Å²) >= 11 is 0. The molecular weight excluding hydrogens is 679 g/mol. The van der Waals surface area contributed by atoms with E-state index in [9.17, 15) is 20.1 Å². The minimum atomic E-state index is -1.11. The zero-order valence-corrected chi connectivity index (χ0v) is 36.8. The Hall–Kier alpha value is -1.43. The maximum Gasteiger partial charge on any atom is 0.249 e. The van der Waals surface area contributed by atoms with E-state index >= 15 is 0 Å². The molecular formula is C50H95NO4. The van der Waals surface area contributed by atoms with Gasteiger partial charge < -0.3 is 20.6 Å². The van der Waals surface area contributed by atoms with E-state index in [0.29, 0.717) is 6.42 Å². The molecule has 0 aromatic heterocycles. The predicted octanol–water partition coefficient (Wildman–Crippen LogP) is 14.3. The lowest BCUT2D eigenvalue weighted by atomic mass is 10.0. The molecule has 55 heavy (non-hydrogen) atoms. The Morgan fingerprint density at radius 2 is 0.782 bits per heavy atom. The Labute approximate surface area is 343 Å². The molecule has 0 aliphatic heterocycles. The first-order chi connectivity index (χ1) is 27.1. The number of nitrogens with one attached hydrogen (secondary N) is 1. The molecule has 324 valence electrons. The van der Waals surface area contributed by atoms with Crippen molar-refractivity contribution in [3.8, 4) is 0 Å². The van der Waals surface area contributed by atoms with Crippen molar-refractivity contribution in [1.29, 1.82) is 0 Å². The highest BCUT2D eigenvalue weighted by Crippen LogP contribution is 2.16. The van der Waals surface area contributed by atoms with Crippen LogP contribution in [-0.2, 0) is 4.79 Å².